The van der Waals surface area contributed by atoms with Crippen molar-refractivity contribution < 1.29 is 9.47 Å². The highest BCUT2D eigenvalue weighted by molar-refractivity contribution is 5.88. The lowest BCUT2D eigenvalue weighted by atomic mass is 9.97. The van der Waals surface area contributed by atoms with Crippen LogP contribution in [0.3, 0.4) is 0 Å². The summed E-state index contributed by atoms with van der Waals surface area (Å²) < 4.78 is 10.4. The van der Waals surface area contributed by atoms with E-state index in [-0.39, 0.29) is 0 Å². The van der Waals surface area contributed by atoms with E-state index in [1.165, 1.54) is 22.3 Å². The van der Waals surface area contributed by atoms with E-state index in [9.17, 15) is 0 Å². The minimum Gasteiger partial charge on any atom is -0.497 e. The van der Waals surface area contributed by atoms with Crippen LogP contribution < -0.4 is 9.47 Å². The molecule has 2 rings (SSSR count). The first-order chi connectivity index (χ1) is 9.65. The Bertz CT molecular complexity index is 537. The van der Waals surface area contributed by atoms with Crippen LogP contribution in [0.1, 0.15) is 25.0 Å². The topological polar surface area (TPSA) is 18.5 Å². The Hall–Kier alpha value is -2.22. The number of allylic oxidation sites excluding steroid dienone is 2. The lowest BCUT2D eigenvalue weighted by Gasteiger charge is -2.10. The molecule has 0 amide bonds. The van der Waals surface area contributed by atoms with Crippen LogP contribution >= 0.6 is 0 Å². The van der Waals surface area contributed by atoms with Crippen molar-refractivity contribution in [2.24, 2.45) is 0 Å². The van der Waals surface area contributed by atoms with Gasteiger partial charge in [0.05, 0.1) is 14.2 Å². The molecule has 0 saturated heterocycles. The molecule has 2 aromatic rings. The minimum absolute atomic E-state index is 0.878. The molecule has 0 bridgehead atoms. The smallest absolute Gasteiger partial charge is 0.118 e. The molecule has 2 heteroatoms. The van der Waals surface area contributed by atoms with Gasteiger partial charge in [0.15, 0.2) is 0 Å². The van der Waals surface area contributed by atoms with Crippen LogP contribution in [0.25, 0.3) is 11.1 Å². The Morgan fingerprint density at radius 3 is 1.15 bits per heavy atom. The molecule has 0 aliphatic carbocycles. The lowest BCUT2D eigenvalue weighted by Crippen LogP contribution is -1.88. The molecule has 2 nitrogen and oxygen atoms in total. The molecule has 2 aromatic carbocycles. The maximum absolute atomic E-state index is 5.19. The van der Waals surface area contributed by atoms with Crippen molar-refractivity contribution in [2.45, 2.75) is 13.8 Å². The van der Waals surface area contributed by atoms with Crippen molar-refractivity contribution in [2.75, 3.05) is 14.2 Å². The zero-order valence-corrected chi connectivity index (χ0v) is 12.4. The summed E-state index contributed by atoms with van der Waals surface area (Å²) in [4.78, 5) is 0. The molecular formula is C18H20O2. The van der Waals surface area contributed by atoms with Crippen LogP contribution in [-0.4, -0.2) is 14.2 Å². The molecule has 0 unspecified atom stereocenters. The van der Waals surface area contributed by atoms with Gasteiger partial charge in [0, 0.05) is 0 Å². The van der Waals surface area contributed by atoms with Gasteiger partial charge in [0.25, 0.3) is 0 Å². The number of rotatable bonds is 4. The first-order valence-electron chi connectivity index (χ1n) is 6.62. The first-order valence-corrected chi connectivity index (χ1v) is 6.62. The summed E-state index contributed by atoms with van der Waals surface area (Å²) in [5.41, 5.74) is 4.94. The molecule has 0 radical (unpaired) electrons. The molecule has 0 aliphatic rings. The van der Waals surface area contributed by atoms with Gasteiger partial charge in [-0.1, -0.05) is 24.3 Å². The van der Waals surface area contributed by atoms with Crippen molar-refractivity contribution in [3.8, 4) is 11.5 Å². The summed E-state index contributed by atoms with van der Waals surface area (Å²) in [5.74, 6) is 1.76. The first kappa shape index (κ1) is 14.2. The summed E-state index contributed by atoms with van der Waals surface area (Å²) in [6, 6.07) is 16.3. The average molecular weight is 268 g/mol. The van der Waals surface area contributed by atoms with Crippen LogP contribution in [0.4, 0.5) is 0 Å². The Kier molecular flexibility index (Phi) is 4.46. The maximum Gasteiger partial charge on any atom is 0.118 e. The molecule has 0 atom stereocenters. The summed E-state index contributed by atoms with van der Waals surface area (Å²) in [6.45, 7) is 4.28. The molecule has 20 heavy (non-hydrogen) atoms. The summed E-state index contributed by atoms with van der Waals surface area (Å²) >= 11 is 0. The van der Waals surface area contributed by atoms with Crippen LogP contribution in [0, 0.1) is 0 Å². The number of ether oxygens (including phenoxy) is 2. The monoisotopic (exact) mass is 268 g/mol. The maximum atomic E-state index is 5.19. The van der Waals surface area contributed by atoms with Crippen molar-refractivity contribution in [1.82, 2.24) is 0 Å². The summed E-state index contributed by atoms with van der Waals surface area (Å²) in [7, 11) is 3.36. The summed E-state index contributed by atoms with van der Waals surface area (Å²) in [5, 5.41) is 0. The van der Waals surface area contributed by atoms with E-state index in [4.69, 9.17) is 9.47 Å². The van der Waals surface area contributed by atoms with Gasteiger partial charge in [-0.2, -0.15) is 0 Å². The Balaban J connectivity index is 2.32. The highest BCUT2D eigenvalue weighted by Gasteiger charge is 2.04. The highest BCUT2D eigenvalue weighted by atomic mass is 16.5. The zero-order chi connectivity index (χ0) is 14.5. The highest BCUT2D eigenvalue weighted by Crippen LogP contribution is 2.27. The van der Waals surface area contributed by atoms with Crippen LogP contribution in [0.5, 0.6) is 11.5 Å². The number of benzene rings is 2. The van der Waals surface area contributed by atoms with E-state index in [0.717, 1.165) is 11.5 Å². The fourth-order valence-corrected chi connectivity index (χ4v) is 2.12. The van der Waals surface area contributed by atoms with Gasteiger partial charge in [-0.05, 0) is 60.4 Å². The van der Waals surface area contributed by atoms with Crippen molar-refractivity contribution in [3.05, 3.63) is 59.7 Å². The number of hydrogen-bond donors (Lipinski definition) is 0. The molecule has 0 heterocycles. The molecule has 0 N–H and O–H groups in total. The van der Waals surface area contributed by atoms with Crippen molar-refractivity contribution in [1.29, 1.82) is 0 Å². The SMILES string of the molecule is COc1ccc(/C(C)=C(/C)c2ccc(OC)cc2)cc1. The minimum atomic E-state index is 0.878. The van der Waals surface area contributed by atoms with Crippen molar-refractivity contribution >= 4 is 11.1 Å². The Morgan fingerprint density at radius 1 is 0.600 bits per heavy atom. The van der Waals surface area contributed by atoms with E-state index in [0.29, 0.717) is 0 Å². The predicted molar refractivity (Wildman–Crippen MR) is 84.2 cm³/mol. The zero-order valence-electron chi connectivity index (χ0n) is 12.4. The van der Waals surface area contributed by atoms with E-state index in [1.807, 2.05) is 24.3 Å². The van der Waals surface area contributed by atoms with E-state index in [1.54, 1.807) is 14.2 Å². The molecular weight excluding hydrogens is 248 g/mol. The molecule has 104 valence electrons. The van der Waals surface area contributed by atoms with Gasteiger partial charge in [0.1, 0.15) is 11.5 Å². The van der Waals surface area contributed by atoms with Gasteiger partial charge in [-0.15, -0.1) is 0 Å². The average Bonchev–Trinajstić information content (AvgIpc) is 2.53. The normalized spacial score (nSPS) is 11.8. The van der Waals surface area contributed by atoms with Crippen LogP contribution in [0.2, 0.25) is 0 Å². The van der Waals surface area contributed by atoms with Gasteiger partial charge in [-0.25, -0.2) is 0 Å². The second-order valence-corrected chi connectivity index (χ2v) is 4.71. The quantitative estimate of drug-likeness (QED) is 0.751. The summed E-state index contributed by atoms with van der Waals surface area (Å²) in [6.07, 6.45) is 0. The third kappa shape index (κ3) is 3.02. The molecule has 0 aliphatic heterocycles. The van der Waals surface area contributed by atoms with E-state index in [2.05, 4.69) is 38.1 Å². The third-order valence-corrected chi connectivity index (χ3v) is 3.61. The molecule has 0 saturated carbocycles. The predicted octanol–water partition coefficient (Wildman–Crippen LogP) is 4.65. The number of methoxy groups -OCH3 is 2. The Morgan fingerprint density at radius 2 is 0.900 bits per heavy atom. The van der Waals surface area contributed by atoms with E-state index >= 15 is 0 Å². The fraction of sp³-hybridized carbons (Fsp3) is 0.222. The van der Waals surface area contributed by atoms with Gasteiger partial charge in [0.2, 0.25) is 0 Å². The standard InChI is InChI=1S/C18H20O2/c1-13(15-5-9-17(19-3)10-6-15)14(2)16-7-11-18(20-4)12-8-16/h5-12H,1-4H3/b14-13-. The van der Waals surface area contributed by atoms with Gasteiger partial charge >= 0.3 is 0 Å². The number of hydrogen-bond acceptors (Lipinski definition) is 2. The van der Waals surface area contributed by atoms with E-state index < -0.39 is 0 Å². The van der Waals surface area contributed by atoms with Gasteiger partial charge in [-0.3, -0.25) is 0 Å². The lowest BCUT2D eigenvalue weighted by molar-refractivity contribution is 0.414. The van der Waals surface area contributed by atoms with Crippen LogP contribution in [-0.2, 0) is 0 Å². The molecule has 0 aromatic heterocycles. The largest absolute Gasteiger partial charge is 0.497 e. The van der Waals surface area contributed by atoms with Gasteiger partial charge < -0.3 is 9.47 Å². The second-order valence-electron chi connectivity index (χ2n) is 4.71. The van der Waals surface area contributed by atoms with Crippen LogP contribution in [0.15, 0.2) is 48.5 Å². The Labute approximate surface area is 120 Å². The third-order valence-electron chi connectivity index (χ3n) is 3.61. The fourth-order valence-electron chi connectivity index (χ4n) is 2.12. The van der Waals surface area contributed by atoms with Crippen molar-refractivity contribution in [3.63, 3.8) is 0 Å². The molecule has 0 fully saturated rings. The second kappa shape index (κ2) is 6.29. The molecule has 0 spiro atoms.